The summed E-state index contributed by atoms with van der Waals surface area (Å²) in [6.07, 6.45) is -1.31. The first-order valence-electron chi connectivity index (χ1n) is 1.59. The van der Waals surface area contributed by atoms with E-state index in [0.29, 0.717) is 6.08 Å². The molecule has 42 valence electrons. The molecule has 4 heteroatoms. The monoisotopic (exact) mass is 106 g/mol. The summed E-state index contributed by atoms with van der Waals surface area (Å²) in [5, 5.41) is 31.4. The van der Waals surface area contributed by atoms with E-state index in [0.717, 1.165) is 0 Å². The minimum atomic E-state index is -1.79. The highest BCUT2D eigenvalue weighted by Crippen LogP contribution is 1.81. The highest BCUT2D eigenvalue weighted by molar-refractivity contribution is 4.80. The summed E-state index contributed by atoms with van der Waals surface area (Å²) in [5.41, 5.74) is 0. The van der Waals surface area contributed by atoms with Crippen molar-refractivity contribution in [3.05, 3.63) is 12.0 Å². The van der Waals surface area contributed by atoms with E-state index in [1.54, 1.807) is 0 Å². The second-order valence-corrected chi connectivity index (χ2v) is 0.938. The minimum absolute atomic E-state index is 0.472. The standard InChI is InChI=1S/C3H6O4/c4-2(5)1-3(6)7/h1-2,4-7H. The molecule has 7 heavy (non-hydrogen) atoms. The second kappa shape index (κ2) is 2.44. The van der Waals surface area contributed by atoms with Crippen LogP contribution in [-0.2, 0) is 0 Å². The van der Waals surface area contributed by atoms with Gasteiger partial charge >= 0.3 is 0 Å². The zero-order valence-electron chi connectivity index (χ0n) is 3.44. The summed E-state index contributed by atoms with van der Waals surface area (Å²) in [6.45, 7) is 0. The van der Waals surface area contributed by atoms with E-state index < -0.39 is 12.2 Å². The van der Waals surface area contributed by atoms with E-state index >= 15 is 0 Å². The van der Waals surface area contributed by atoms with E-state index in [-0.39, 0.29) is 0 Å². The largest absolute Gasteiger partial charge is 0.481 e. The zero-order valence-corrected chi connectivity index (χ0v) is 3.44. The molecule has 0 aliphatic carbocycles. The van der Waals surface area contributed by atoms with Crippen LogP contribution >= 0.6 is 0 Å². The lowest BCUT2D eigenvalue weighted by molar-refractivity contribution is -0.00443. The highest BCUT2D eigenvalue weighted by atomic mass is 16.5. The van der Waals surface area contributed by atoms with Gasteiger partial charge in [0.1, 0.15) is 0 Å². The van der Waals surface area contributed by atoms with Gasteiger partial charge in [-0.3, -0.25) is 0 Å². The molecule has 0 aliphatic heterocycles. The predicted octanol–water partition coefficient (Wildman–Crippen LogP) is -0.745. The Balaban J connectivity index is 3.45. The van der Waals surface area contributed by atoms with E-state index in [4.69, 9.17) is 20.4 Å². The topological polar surface area (TPSA) is 80.9 Å². The number of aliphatic hydroxyl groups is 4. The van der Waals surface area contributed by atoms with Gasteiger partial charge in [0.15, 0.2) is 6.29 Å². The van der Waals surface area contributed by atoms with E-state index in [9.17, 15) is 0 Å². The van der Waals surface area contributed by atoms with Crippen LogP contribution in [0.3, 0.4) is 0 Å². The molecule has 0 saturated carbocycles. The molecule has 4 nitrogen and oxygen atoms in total. The second-order valence-electron chi connectivity index (χ2n) is 0.938. The van der Waals surface area contributed by atoms with Crippen molar-refractivity contribution in [2.45, 2.75) is 6.29 Å². The molecule has 0 atom stereocenters. The van der Waals surface area contributed by atoms with Crippen molar-refractivity contribution >= 4 is 0 Å². The van der Waals surface area contributed by atoms with Gasteiger partial charge in [0.25, 0.3) is 5.95 Å². The Morgan fingerprint density at radius 1 is 1.29 bits per heavy atom. The van der Waals surface area contributed by atoms with Crippen LogP contribution in [0.1, 0.15) is 0 Å². The van der Waals surface area contributed by atoms with Crippen molar-refractivity contribution < 1.29 is 20.4 Å². The molecule has 4 N–H and O–H groups in total. The maximum atomic E-state index is 7.88. The normalized spacial score (nSPS) is 9.00. The average Bonchev–Trinajstić information content (AvgIpc) is 1.27. The van der Waals surface area contributed by atoms with Gasteiger partial charge in [-0.15, -0.1) is 0 Å². The molecular formula is C3H6O4. The zero-order chi connectivity index (χ0) is 5.86. The molecule has 0 rings (SSSR count). The summed E-state index contributed by atoms with van der Waals surface area (Å²) in [4.78, 5) is 0. The Bertz CT molecular complexity index is 71.0. The molecule has 0 heterocycles. The molecule has 0 aromatic rings. The molecule has 0 unspecified atom stereocenters. The fourth-order valence-corrected chi connectivity index (χ4v) is 0.133. The fourth-order valence-electron chi connectivity index (χ4n) is 0.133. The third-order valence-electron chi connectivity index (χ3n) is 0.298. The van der Waals surface area contributed by atoms with E-state index in [1.165, 1.54) is 0 Å². The Morgan fingerprint density at radius 3 is 1.71 bits per heavy atom. The fraction of sp³-hybridized carbons (Fsp3) is 0.333. The lowest BCUT2D eigenvalue weighted by Crippen LogP contribution is -1.99. The number of hydrogen-bond acceptors (Lipinski definition) is 4. The van der Waals surface area contributed by atoms with Crippen molar-refractivity contribution in [2.75, 3.05) is 0 Å². The van der Waals surface area contributed by atoms with Gasteiger partial charge in [0.05, 0.1) is 6.08 Å². The van der Waals surface area contributed by atoms with Crippen molar-refractivity contribution in [3.63, 3.8) is 0 Å². The molecule has 0 saturated heterocycles. The van der Waals surface area contributed by atoms with Gasteiger partial charge in [0.2, 0.25) is 0 Å². The summed E-state index contributed by atoms with van der Waals surface area (Å²) < 4.78 is 0. The van der Waals surface area contributed by atoms with Crippen molar-refractivity contribution in [1.29, 1.82) is 0 Å². The van der Waals surface area contributed by atoms with Gasteiger partial charge < -0.3 is 20.4 Å². The first-order valence-corrected chi connectivity index (χ1v) is 1.59. The Labute approximate surface area is 40.0 Å². The SMILES string of the molecule is OC(O)=CC(O)O. The molecule has 0 aliphatic rings. The lowest BCUT2D eigenvalue weighted by atomic mass is 10.6. The van der Waals surface area contributed by atoms with Gasteiger partial charge in [-0.2, -0.15) is 0 Å². The van der Waals surface area contributed by atoms with Crippen LogP contribution < -0.4 is 0 Å². The Kier molecular flexibility index (Phi) is 2.18. The van der Waals surface area contributed by atoms with Crippen molar-refractivity contribution in [3.8, 4) is 0 Å². The van der Waals surface area contributed by atoms with Crippen LogP contribution in [0, 0.1) is 0 Å². The van der Waals surface area contributed by atoms with Crippen LogP contribution in [-0.4, -0.2) is 26.7 Å². The highest BCUT2D eigenvalue weighted by Gasteiger charge is 1.90. The van der Waals surface area contributed by atoms with Crippen LogP contribution in [0.25, 0.3) is 0 Å². The third kappa shape index (κ3) is 5.26. The summed E-state index contributed by atoms with van der Waals surface area (Å²) >= 11 is 0. The van der Waals surface area contributed by atoms with Crippen LogP contribution in [0.15, 0.2) is 12.0 Å². The molecule has 0 bridgehead atoms. The van der Waals surface area contributed by atoms with Crippen LogP contribution in [0.5, 0.6) is 0 Å². The van der Waals surface area contributed by atoms with Crippen molar-refractivity contribution in [1.82, 2.24) is 0 Å². The molecule has 0 aromatic carbocycles. The van der Waals surface area contributed by atoms with Crippen LogP contribution in [0.4, 0.5) is 0 Å². The van der Waals surface area contributed by atoms with Gasteiger partial charge in [-0.1, -0.05) is 0 Å². The summed E-state index contributed by atoms with van der Waals surface area (Å²) in [6, 6.07) is 0. The van der Waals surface area contributed by atoms with E-state index in [2.05, 4.69) is 0 Å². The van der Waals surface area contributed by atoms with Gasteiger partial charge in [-0.25, -0.2) is 0 Å². The smallest absolute Gasteiger partial charge is 0.275 e. The van der Waals surface area contributed by atoms with Crippen LogP contribution in [0.2, 0.25) is 0 Å². The number of hydrogen-bond donors (Lipinski definition) is 4. The molecule has 0 fully saturated rings. The van der Waals surface area contributed by atoms with Crippen molar-refractivity contribution in [2.24, 2.45) is 0 Å². The van der Waals surface area contributed by atoms with E-state index in [1.807, 2.05) is 0 Å². The predicted molar refractivity (Wildman–Crippen MR) is 21.6 cm³/mol. The number of aliphatic hydroxyl groups excluding tert-OH is 2. The lowest BCUT2D eigenvalue weighted by Gasteiger charge is -1.90. The van der Waals surface area contributed by atoms with Gasteiger partial charge in [0, 0.05) is 0 Å². The Hall–Kier alpha value is -0.740. The quantitative estimate of drug-likeness (QED) is 0.262. The average molecular weight is 106 g/mol. The molecule has 0 aromatic heterocycles. The minimum Gasteiger partial charge on any atom is -0.481 e. The first kappa shape index (κ1) is 6.26. The number of rotatable bonds is 1. The Morgan fingerprint density at radius 2 is 1.71 bits per heavy atom. The third-order valence-corrected chi connectivity index (χ3v) is 0.298. The molecule has 0 amide bonds. The maximum absolute atomic E-state index is 7.88. The molecule has 0 spiro atoms. The molecule has 0 radical (unpaired) electrons. The molecular weight excluding hydrogens is 100 g/mol. The maximum Gasteiger partial charge on any atom is 0.275 e. The summed E-state index contributed by atoms with van der Waals surface area (Å²) in [7, 11) is 0. The first-order chi connectivity index (χ1) is 3.13. The summed E-state index contributed by atoms with van der Waals surface area (Å²) in [5.74, 6) is -1.09. The van der Waals surface area contributed by atoms with Gasteiger partial charge in [-0.05, 0) is 0 Å².